The van der Waals surface area contributed by atoms with Crippen molar-refractivity contribution in [2.24, 2.45) is 0 Å². The smallest absolute Gasteiger partial charge is 0.330 e. The lowest BCUT2D eigenvalue weighted by atomic mass is 9.98. The van der Waals surface area contributed by atoms with E-state index in [4.69, 9.17) is 13.8 Å². The van der Waals surface area contributed by atoms with Gasteiger partial charge in [0.1, 0.15) is 18.0 Å². The van der Waals surface area contributed by atoms with Gasteiger partial charge in [0.2, 0.25) is 0 Å². The van der Waals surface area contributed by atoms with Crippen LogP contribution in [0.3, 0.4) is 0 Å². The SMILES string of the molecule is CC/C=C\C/C=C\C/C=C\C/C=C\C/C=C\CCCC(=O)CCCN(C)CCCP(=O)(OC)OC[C@H]1OC(n2ccc(=O)[nH]c2=O)[C@](C)(F)[C@@H]1O. The molecule has 13 heteroatoms. The molecule has 0 aromatic carbocycles. The molecule has 0 aliphatic carbocycles. The second kappa shape index (κ2) is 24.3. The number of nitrogens with one attached hydrogen (secondary N) is 1. The van der Waals surface area contributed by atoms with E-state index >= 15 is 4.39 Å². The number of carbonyl (C=O) groups excluding carboxylic acids is 1. The molecule has 0 bridgehead atoms. The fourth-order valence-corrected chi connectivity index (χ4v) is 6.78. The number of aliphatic hydroxyl groups is 1. The van der Waals surface area contributed by atoms with Crippen LogP contribution in [0, 0.1) is 0 Å². The Balaban J connectivity index is 1.57. The summed E-state index contributed by atoms with van der Waals surface area (Å²) in [5.74, 6) is 0.251. The van der Waals surface area contributed by atoms with Gasteiger partial charge in [0, 0.05) is 32.2 Å². The lowest BCUT2D eigenvalue weighted by Gasteiger charge is -2.24. The molecular weight excluding hydrogens is 676 g/mol. The first-order valence-electron chi connectivity index (χ1n) is 18.0. The summed E-state index contributed by atoms with van der Waals surface area (Å²) < 4.78 is 45.7. The van der Waals surface area contributed by atoms with Gasteiger partial charge in [-0.2, -0.15) is 0 Å². The fourth-order valence-electron chi connectivity index (χ4n) is 5.46. The van der Waals surface area contributed by atoms with Crippen LogP contribution in [-0.4, -0.2) is 83.2 Å². The predicted octanol–water partition coefficient (Wildman–Crippen LogP) is 6.97. The largest absolute Gasteiger partial charge is 0.387 e. The molecule has 2 N–H and O–H groups in total. The Morgan fingerprint density at radius 3 is 2.16 bits per heavy atom. The van der Waals surface area contributed by atoms with Gasteiger partial charge in [-0.15, -0.1) is 0 Å². The van der Waals surface area contributed by atoms with Crippen molar-refractivity contribution in [1.29, 1.82) is 0 Å². The number of aromatic amines is 1. The molecular formula is C38H59FN3O8P. The van der Waals surface area contributed by atoms with E-state index in [0.29, 0.717) is 32.4 Å². The van der Waals surface area contributed by atoms with E-state index in [9.17, 15) is 24.1 Å². The average Bonchev–Trinajstić information content (AvgIpc) is 3.32. The summed E-state index contributed by atoms with van der Waals surface area (Å²) in [4.78, 5) is 40.0. The van der Waals surface area contributed by atoms with Gasteiger partial charge >= 0.3 is 13.3 Å². The Kier molecular flexibility index (Phi) is 21.0. The van der Waals surface area contributed by atoms with Crippen LogP contribution >= 0.6 is 7.60 Å². The third-order valence-electron chi connectivity index (χ3n) is 8.49. The van der Waals surface area contributed by atoms with Crippen LogP contribution in [0.4, 0.5) is 4.39 Å². The van der Waals surface area contributed by atoms with Crippen molar-refractivity contribution in [3.8, 4) is 0 Å². The number of carbonyl (C=O) groups is 1. The maximum Gasteiger partial charge on any atom is 0.330 e. The molecule has 286 valence electrons. The predicted molar refractivity (Wildman–Crippen MR) is 201 cm³/mol. The summed E-state index contributed by atoms with van der Waals surface area (Å²) in [6.07, 6.45) is 27.3. The number of unbranched alkanes of at least 4 members (excludes halogenated alkanes) is 1. The third kappa shape index (κ3) is 16.9. The molecule has 0 spiro atoms. The van der Waals surface area contributed by atoms with E-state index < -0.39 is 49.6 Å². The maximum absolute atomic E-state index is 15.4. The summed E-state index contributed by atoms with van der Waals surface area (Å²) in [7, 11) is -0.409. The van der Waals surface area contributed by atoms with Gasteiger partial charge in [0.05, 0.1) is 12.8 Å². The Labute approximate surface area is 302 Å². The molecule has 1 aliphatic heterocycles. The van der Waals surface area contributed by atoms with Gasteiger partial charge < -0.3 is 23.8 Å². The van der Waals surface area contributed by atoms with E-state index in [2.05, 4.69) is 72.6 Å². The monoisotopic (exact) mass is 735 g/mol. The zero-order chi connectivity index (χ0) is 37.5. The van der Waals surface area contributed by atoms with Crippen molar-refractivity contribution in [3.05, 3.63) is 93.9 Å². The van der Waals surface area contributed by atoms with Crippen molar-refractivity contribution in [2.45, 2.75) is 109 Å². The van der Waals surface area contributed by atoms with E-state index in [1.807, 2.05) is 12.0 Å². The number of nitrogens with zero attached hydrogens (tertiary/aromatic N) is 2. The Morgan fingerprint density at radius 1 is 1.00 bits per heavy atom. The topological polar surface area (TPSA) is 140 Å². The highest BCUT2D eigenvalue weighted by Crippen LogP contribution is 2.49. The fraction of sp³-hybridized carbons (Fsp3) is 0.605. The first kappa shape index (κ1) is 44.2. The van der Waals surface area contributed by atoms with Gasteiger partial charge in [-0.1, -0.05) is 67.7 Å². The number of alkyl halides is 1. The maximum atomic E-state index is 15.4. The quantitative estimate of drug-likeness (QED) is 0.0587. The molecule has 0 radical (unpaired) electrons. The van der Waals surface area contributed by atoms with Crippen molar-refractivity contribution in [2.75, 3.05) is 40.0 Å². The summed E-state index contributed by atoms with van der Waals surface area (Å²) in [6.45, 7) is 4.09. The molecule has 2 heterocycles. The first-order chi connectivity index (χ1) is 24.4. The van der Waals surface area contributed by atoms with E-state index in [0.717, 1.165) is 75.1 Å². The number of hydrogen-bond acceptors (Lipinski definition) is 9. The van der Waals surface area contributed by atoms with Crippen LogP contribution in [0.5, 0.6) is 0 Å². The Morgan fingerprint density at radius 2 is 1.57 bits per heavy atom. The molecule has 2 unspecified atom stereocenters. The van der Waals surface area contributed by atoms with Gasteiger partial charge in [0.15, 0.2) is 11.9 Å². The second-order valence-electron chi connectivity index (χ2n) is 12.9. The molecule has 1 aromatic heterocycles. The van der Waals surface area contributed by atoms with Gasteiger partial charge in [-0.25, -0.2) is 9.18 Å². The van der Waals surface area contributed by atoms with Crippen molar-refractivity contribution >= 4 is 13.4 Å². The lowest BCUT2D eigenvalue weighted by molar-refractivity contribution is -0.119. The van der Waals surface area contributed by atoms with Crippen molar-refractivity contribution in [1.82, 2.24) is 14.5 Å². The number of hydrogen-bond donors (Lipinski definition) is 2. The molecule has 11 nitrogen and oxygen atoms in total. The number of aliphatic hydroxyl groups excluding tert-OH is 1. The highest BCUT2D eigenvalue weighted by Gasteiger charge is 2.55. The minimum Gasteiger partial charge on any atom is -0.387 e. The number of halogens is 1. The zero-order valence-corrected chi connectivity index (χ0v) is 31.7. The van der Waals surface area contributed by atoms with Crippen molar-refractivity contribution < 1.29 is 32.6 Å². The highest BCUT2D eigenvalue weighted by atomic mass is 31.2. The van der Waals surface area contributed by atoms with Crippen LogP contribution in [-0.2, 0) is 23.1 Å². The highest BCUT2D eigenvalue weighted by molar-refractivity contribution is 7.53. The normalized spacial score (nSPS) is 22.5. The van der Waals surface area contributed by atoms with Crippen LogP contribution < -0.4 is 11.2 Å². The van der Waals surface area contributed by atoms with Gasteiger partial charge in [0.25, 0.3) is 5.56 Å². The first-order valence-corrected chi connectivity index (χ1v) is 19.7. The number of Topliss-reactive ketones (excluding diaryl/α,β-unsaturated/α-hetero) is 1. The molecule has 1 saturated heterocycles. The zero-order valence-electron chi connectivity index (χ0n) is 30.8. The summed E-state index contributed by atoms with van der Waals surface area (Å²) in [6, 6.07) is 1.04. The number of allylic oxidation sites excluding steroid dienone is 10. The van der Waals surface area contributed by atoms with E-state index in [1.54, 1.807) is 0 Å². The Bertz CT molecular complexity index is 1480. The molecule has 1 aliphatic rings. The van der Waals surface area contributed by atoms with Crippen LogP contribution in [0.15, 0.2) is 82.6 Å². The van der Waals surface area contributed by atoms with Crippen LogP contribution in [0.1, 0.15) is 90.7 Å². The van der Waals surface area contributed by atoms with Crippen molar-refractivity contribution in [3.63, 3.8) is 0 Å². The third-order valence-corrected chi connectivity index (χ3v) is 10.4. The standard InChI is InChI=1S/C38H59FN3O8P/c1-5-6-7-8-9-10-11-12-13-14-15-16-17-18-19-20-21-24-32(43)25-22-27-41(3)28-23-30-51(47,48-4)49-31-33-35(45)38(2,39)36(50-33)42-29-26-34(44)40-37(42)46/h6-7,9-10,12-13,15-16,18-19,26,29,33,35-36,45H,5,8,11,14,17,20-25,27-28,30-31H2,1-4H3,(H,40,44,46)/b7-6-,10-9-,13-12-,16-15-,19-18-/t33-,35-,36?,38-,51?/m1/s1. The Hall–Kier alpha value is -2.99. The van der Waals surface area contributed by atoms with Crippen LogP contribution in [0.2, 0.25) is 0 Å². The molecule has 1 aromatic rings. The minimum atomic E-state index is -3.59. The summed E-state index contributed by atoms with van der Waals surface area (Å²) in [5, 5.41) is 10.6. The number of ketones is 1. The summed E-state index contributed by atoms with van der Waals surface area (Å²) >= 11 is 0. The van der Waals surface area contributed by atoms with Gasteiger partial charge in [-0.3, -0.25) is 23.7 Å². The summed E-state index contributed by atoms with van der Waals surface area (Å²) in [5.41, 5.74) is -3.94. The molecule has 0 amide bonds. The molecule has 51 heavy (non-hydrogen) atoms. The van der Waals surface area contributed by atoms with Crippen LogP contribution in [0.25, 0.3) is 0 Å². The number of rotatable bonds is 26. The van der Waals surface area contributed by atoms with E-state index in [-0.39, 0.29) is 11.9 Å². The number of aromatic nitrogens is 2. The molecule has 2 rings (SSSR count). The average molecular weight is 736 g/mol. The number of H-pyrrole nitrogens is 1. The second-order valence-corrected chi connectivity index (χ2v) is 15.1. The van der Waals surface area contributed by atoms with Gasteiger partial charge in [-0.05, 0) is 84.8 Å². The number of ether oxygens (including phenoxy) is 1. The van der Waals surface area contributed by atoms with E-state index in [1.165, 1.54) is 7.11 Å². The minimum absolute atomic E-state index is 0.0844. The molecule has 0 saturated carbocycles. The molecule has 1 fully saturated rings. The lowest BCUT2D eigenvalue weighted by Crippen LogP contribution is -2.43. The molecule has 5 atom stereocenters.